The summed E-state index contributed by atoms with van der Waals surface area (Å²) in [6.45, 7) is 3.52. The molecule has 45 heavy (non-hydrogen) atoms. The van der Waals surface area contributed by atoms with E-state index in [1.165, 1.54) is 95.8 Å². The van der Waals surface area contributed by atoms with E-state index in [0.29, 0.717) is 42.7 Å². The number of amides is 1. The zero-order valence-corrected chi connectivity index (χ0v) is 28.2. The second-order valence-electron chi connectivity index (χ2n) is 13.4. The van der Waals surface area contributed by atoms with Gasteiger partial charge in [0, 0.05) is 49.9 Å². The van der Waals surface area contributed by atoms with Crippen LogP contribution in [0.3, 0.4) is 0 Å². The fraction of sp³-hybridized carbons (Fsp3) is 0.686. The summed E-state index contributed by atoms with van der Waals surface area (Å²) in [6.07, 6.45) is 17.6. The quantitative estimate of drug-likeness (QED) is 0.263. The Morgan fingerprint density at radius 3 is 2.27 bits per heavy atom. The Morgan fingerprint density at radius 2 is 1.60 bits per heavy atom. The molecule has 2 aliphatic heterocycles. The maximum atomic E-state index is 13.2. The number of sulfonamides is 1. The highest BCUT2D eigenvalue weighted by Gasteiger charge is 2.38. The molecule has 1 saturated carbocycles. The van der Waals surface area contributed by atoms with E-state index < -0.39 is 10.0 Å². The number of hydrogen-bond donors (Lipinski definition) is 3. The smallest absolute Gasteiger partial charge is 0.267 e. The zero-order chi connectivity index (χ0) is 31.7. The van der Waals surface area contributed by atoms with Gasteiger partial charge in [-0.2, -0.15) is 4.31 Å². The number of rotatable bonds is 10. The van der Waals surface area contributed by atoms with Crippen LogP contribution in [0.2, 0.25) is 0 Å². The van der Waals surface area contributed by atoms with Crippen LogP contribution in [-0.4, -0.2) is 64.0 Å². The van der Waals surface area contributed by atoms with E-state index in [1.807, 2.05) is 0 Å². The summed E-state index contributed by atoms with van der Waals surface area (Å²) in [4.78, 5) is 17.0. The van der Waals surface area contributed by atoms with Gasteiger partial charge in [-0.25, -0.2) is 8.42 Å². The van der Waals surface area contributed by atoms with Gasteiger partial charge < -0.3 is 25.1 Å². The lowest BCUT2D eigenvalue weighted by molar-refractivity contribution is 0.0948. The molecule has 3 N–H and O–H groups in total. The summed E-state index contributed by atoms with van der Waals surface area (Å²) in [7, 11) is -0.544. The third kappa shape index (κ3) is 8.24. The van der Waals surface area contributed by atoms with Gasteiger partial charge >= 0.3 is 0 Å². The van der Waals surface area contributed by atoms with Gasteiger partial charge in [-0.15, -0.1) is 0 Å². The van der Waals surface area contributed by atoms with Crippen LogP contribution in [0.15, 0.2) is 29.2 Å². The van der Waals surface area contributed by atoms with E-state index in [4.69, 9.17) is 9.47 Å². The zero-order valence-electron chi connectivity index (χ0n) is 27.4. The van der Waals surface area contributed by atoms with E-state index >= 15 is 0 Å². The number of hydrogen-bond acceptors (Lipinski definition) is 6. The highest BCUT2D eigenvalue weighted by molar-refractivity contribution is 7.89. The number of nitrogens with zero attached hydrogens (tertiary/aromatic N) is 1. The van der Waals surface area contributed by atoms with Gasteiger partial charge in [-0.1, -0.05) is 64.2 Å². The number of benzene rings is 1. The Morgan fingerprint density at radius 1 is 0.933 bits per heavy atom. The molecule has 1 saturated heterocycles. The molecule has 0 bridgehead atoms. The van der Waals surface area contributed by atoms with Crippen molar-refractivity contribution >= 4 is 15.9 Å². The van der Waals surface area contributed by atoms with E-state index in [-0.39, 0.29) is 16.2 Å². The number of piperidine rings is 1. The van der Waals surface area contributed by atoms with Gasteiger partial charge in [0.1, 0.15) is 5.69 Å². The lowest BCUT2D eigenvalue weighted by Gasteiger charge is -2.38. The molecular formula is C35H54N4O5S. The van der Waals surface area contributed by atoms with Crippen LogP contribution in [0.1, 0.15) is 118 Å². The Balaban J connectivity index is 1.06. The molecule has 10 heteroatoms. The molecule has 5 rings (SSSR count). The molecule has 1 aromatic carbocycles. The second kappa shape index (κ2) is 15.8. The second-order valence-corrected chi connectivity index (χ2v) is 15.3. The van der Waals surface area contributed by atoms with E-state index in [0.717, 1.165) is 45.2 Å². The molecule has 2 fully saturated rings. The van der Waals surface area contributed by atoms with Crippen LogP contribution >= 0.6 is 0 Å². The lowest BCUT2D eigenvalue weighted by Crippen LogP contribution is -2.43. The van der Waals surface area contributed by atoms with Gasteiger partial charge in [-0.05, 0) is 61.8 Å². The van der Waals surface area contributed by atoms with Crippen molar-refractivity contribution in [1.29, 1.82) is 0 Å². The van der Waals surface area contributed by atoms with Gasteiger partial charge in [0.2, 0.25) is 10.0 Å². The maximum absolute atomic E-state index is 13.2. The Kier molecular flexibility index (Phi) is 11.9. The van der Waals surface area contributed by atoms with E-state index in [9.17, 15) is 13.2 Å². The first-order valence-electron chi connectivity index (χ1n) is 17.3. The van der Waals surface area contributed by atoms with Gasteiger partial charge in [0.05, 0.1) is 19.1 Å². The summed E-state index contributed by atoms with van der Waals surface area (Å²) in [5.74, 6) is 1.41. The molecule has 0 unspecified atom stereocenters. The number of methoxy groups -OCH3 is 2. The minimum atomic E-state index is -3.58. The van der Waals surface area contributed by atoms with Crippen molar-refractivity contribution in [3.8, 4) is 11.5 Å². The topological polar surface area (TPSA) is 113 Å². The summed E-state index contributed by atoms with van der Waals surface area (Å²) in [6, 6.07) is 6.83. The SMILES string of the molecule is COc1ccc(S(=O)(=O)N2CCC(CCCCNC(=O)c3cc4c([nH]3)C3(CCCCCCCCCC3)CNC4)CC2)cc1OC. The van der Waals surface area contributed by atoms with Crippen molar-refractivity contribution in [3.63, 3.8) is 0 Å². The molecular weight excluding hydrogens is 588 g/mol. The average molecular weight is 643 g/mol. The molecule has 3 aliphatic rings. The van der Waals surface area contributed by atoms with Crippen LogP contribution in [-0.2, 0) is 22.0 Å². The minimum Gasteiger partial charge on any atom is -0.493 e. The number of unbranched alkanes of at least 4 members (excludes halogenated alkanes) is 1. The fourth-order valence-electron chi connectivity index (χ4n) is 7.72. The Labute approximate surface area is 270 Å². The summed E-state index contributed by atoms with van der Waals surface area (Å²) in [5, 5.41) is 6.83. The Bertz CT molecular complexity index is 1350. The van der Waals surface area contributed by atoms with Crippen LogP contribution in [0.4, 0.5) is 0 Å². The number of fused-ring (bicyclic) bond motifs is 2. The third-order valence-electron chi connectivity index (χ3n) is 10.4. The summed E-state index contributed by atoms with van der Waals surface area (Å²) < 4.78 is 38.6. The van der Waals surface area contributed by atoms with Crippen LogP contribution in [0.25, 0.3) is 0 Å². The number of nitrogens with one attached hydrogen (secondary N) is 3. The standard InChI is InChI=1S/C35H54N4O5S/c1-43-31-15-14-29(24-32(31)44-2)45(41,42)39-21-16-27(17-22-39)13-9-12-20-37-34(40)30-23-28-25-36-26-35(33(28)38-30)18-10-7-5-3-4-6-8-11-19-35/h14-15,23-24,27,36,38H,3-13,16-22,25-26H2,1-2H3,(H,37,40). The fourth-order valence-corrected chi connectivity index (χ4v) is 9.20. The highest BCUT2D eigenvalue weighted by atomic mass is 32.2. The third-order valence-corrected chi connectivity index (χ3v) is 12.3. The first-order chi connectivity index (χ1) is 21.9. The first kappa shape index (κ1) is 33.8. The lowest BCUT2D eigenvalue weighted by atomic mass is 9.72. The van der Waals surface area contributed by atoms with Crippen molar-refractivity contribution in [2.45, 2.75) is 113 Å². The molecule has 0 radical (unpaired) electrons. The number of carbonyl (C=O) groups is 1. The van der Waals surface area contributed by atoms with Crippen molar-refractivity contribution in [2.24, 2.45) is 5.92 Å². The summed E-state index contributed by atoms with van der Waals surface area (Å²) >= 11 is 0. The van der Waals surface area contributed by atoms with Crippen molar-refractivity contribution in [3.05, 3.63) is 41.2 Å². The van der Waals surface area contributed by atoms with Crippen molar-refractivity contribution in [1.82, 2.24) is 19.9 Å². The number of aromatic nitrogens is 1. The van der Waals surface area contributed by atoms with Crippen LogP contribution < -0.4 is 20.1 Å². The molecule has 0 atom stereocenters. The Hall–Kier alpha value is -2.56. The van der Waals surface area contributed by atoms with Crippen molar-refractivity contribution in [2.75, 3.05) is 40.4 Å². The van der Waals surface area contributed by atoms with Gasteiger partial charge in [-0.3, -0.25) is 4.79 Å². The predicted octanol–water partition coefficient (Wildman–Crippen LogP) is 6.29. The molecule has 250 valence electrons. The molecule has 1 aromatic heterocycles. The normalized spacial score (nSPS) is 20.2. The van der Waals surface area contributed by atoms with E-state index in [2.05, 4.69) is 21.7 Å². The molecule has 1 aliphatic carbocycles. The molecule has 9 nitrogen and oxygen atoms in total. The van der Waals surface area contributed by atoms with Crippen molar-refractivity contribution < 1.29 is 22.7 Å². The number of ether oxygens (including phenoxy) is 2. The summed E-state index contributed by atoms with van der Waals surface area (Å²) in [5.41, 5.74) is 3.39. The van der Waals surface area contributed by atoms with Crippen LogP contribution in [0.5, 0.6) is 11.5 Å². The predicted molar refractivity (Wildman–Crippen MR) is 178 cm³/mol. The maximum Gasteiger partial charge on any atom is 0.267 e. The molecule has 1 amide bonds. The number of carbonyl (C=O) groups excluding carboxylic acids is 1. The molecule has 1 spiro atoms. The monoisotopic (exact) mass is 642 g/mol. The highest BCUT2D eigenvalue weighted by Crippen LogP contribution is 2.40. The number of H-pyrrole nitrogens is 1. The minimum absolute atomic E-state index is 0.00936. The molecule has 3 heterocycles. The average Bonchev–Trinajstić information content (AvgIpc) is 3.49. The van der Waals surface area contributed by atoms with Gasteiger partial charge in [0.25, 0.3) is 5.91 Å². The van der Waals surface area contributed by atoms with Crippen LogP contribution in [0, 0.1) is 5.92 Å². The molecule has 2 aromatic rings. The largest absolute Gasteiger partial charge is 0.493 e. The van der Waals surface area contributed by atoms with E-state index in [1.54, 1.807) is 16.4 Å². The first-order valence-corrected chi connectivity index (χ1v) is 18.7. The van der Waals surface area contributed by atoms with Gasteiger partial charge in [0.15, 0.2) is 11.5 Å². The number of aromatic amines is 1.